The van der Waals surface area contributed by atoms with Crippen LogP contribution in [-0.2, 0) is 33.9 Å². The van der Waals surface area contributed by atoms with Gasteiger partial charge in [0.05, 0.1) is 6.61 Å². The first-order chi connectivity index (χ1) is 20.4. The summed E-state index contributed by atoms with van der Waals surface area (Å²) in [4.78, 5) is 38.6. The molecule has 2 amide bonds. The lowest BCUT2D eigenvalue weighted by atomic mass is 10.0. The summed E-state index contributed by atoms with van der Waals surface area (Å²) in [5.41, 5.74) is 9.02. The number of nitrogens with one attached hydrogen (secondary N) is 2. The molecule has 7 heteroatoms. The number of ketones is 1. The zero-order valence-electron chi connectivity index (χ0n) is 24.1. The number of carbonyl (C=O) groups excluding carboxylic acids is 3. The molecule has 0 aliphatic rings. The van der Waals surface area contributed by atoms with E-state index in [1.807, 2.05) is 78.9 Å². The van der Waals surface area contributed by atoms with E-state index in [0.717, 1.165) is 27.5 Å². The van der Waals surface area contributed by atoms with Gasteiger partial charge < -0.3 is 21.1 Å². The van der Waals surface area contributed by atoms with Crippen LogP contribution in [0.5, 0.6) is 0 Å². The van der Waals surface area contributed by atoms with Gasteiger partial charge in [0.2, 0.25) is 5.91 Å². The van der Waals surface area contributed by atoms with Crippen LogP contribution < -0.4 is 16.4 Å². The summed E-state index contributed by atoms with van der Waals surface area (Å²) in [5, 5.41) is 8.10. The Morgan fingerprint density at radius 2 is 1.52 bits per heavy atom. The van der Waals surface area contributed by atoms with Gasteiger partial charge in [-0.25, -0.2) is 0 Å². The smallest absolute Gasteiger partial charge is 0.251 e. The van der Waals surface area contributed by atoms with Crippen LogP contribution in [0.3, 0.4) is 0 Å². The number of amides is 2. The van der Waals surface area contributed by atoms with Gasteiger partial charge in [0.15, 0.2) is 5.78 Å². The zero-order valence-corrected chi connectivity index (χ0v) is 24.1. The fraction of sp³-hybridized carbons (Fsp3) is 0.286. The van der Waals surface area contributed by atoms with Crippen LogP contribution in [0, 0.1) is 0 Å². The topological polar surface area (TPSA) is 111 Å². The van der Waals surface area contributed by atoms with Gasteiger partial charge in [0.25, 0.3) is 5.91 Å². The van der Waals surface area contributed by atoms with Crippen molar-refractivity contribution in [2.24, 2.45) is 5.73 Å². The molecular weight excluding hydrogens is 526 g/mol. The minimum atomic E-state index is -0.764. The minimum absolute atomic E-state index is 0.00756. The number of benzene rings is 4. The number of nitrogens with two attached hydrogens (primary N) is 1. The fourth-order valence-electron chi connectivity index (χ4n) is 4.86. The molecule has 0 fully saturated rings. The van der Waals surface area contributed by atoms with Crippen molar-refractivity contribution in [3.8, 4) is 0 Å². The lowest BCUT2D eigenvalue weighted by Gasteiger charge is -2.20. The molecule has 0 aromatic heterocycles. The van der Waals surface area contributed by atoms with Crippen LogP contribution in [0.1, 0.15) is 53.2 Å². The summed E-state index contributed by atoms with van der Waals surface area (Å²) >= 11 is 0. The van der Waals surface area contributed by atoms with Crippen LogP contribution in [0.25, 0.3) is 10.8 Å². The SMILES string of the molecule is CC(=O)C(CCCCNC(=O)[C@H](Cc1ccc2ccccc2c1)NC(=O)c1cccc(CN)c1)OCc1ccccc1. The summed E-state index contributed by atoms with van der Waals surface area (Å²) in [5.74, 6) is -0.590. The molecule has 0 saturated heterocycles. The molecule has 42 heavy (non-hydrogen) atoms. The molecule has 7 nitrogen and oxygen atoms in total. The van der Waals surface area contributed by atoms with Gasteiger partial charge in [-0.15, -0.1) is 0 Å². The molecule has 0 saturated carbocycles. The average Bonchev–Trinajstić information content (AvgIpc) is 3.02. The molecule has 2 atom stereocenters. The van der Waals surface area contributed by atoms with Crippen LogP contribution in [0.2, 0.25) is 0 Å². The van der Waals surface area contributed by atoms with Crippen molar-refractivity contribution < 1.29 is 19.1 Å². The highest BCUT2D eigenvalue weighted by Gasteiger charge is 2.22. The maximum atomic E-state index is 13.3. The number of hydrogen-bond donors (Lipinski definition) is 3. The molecule has 0 aliphatic carbocycles. The number of rotatable bonds is 15. The van der Waals surface area contributed by atoms with Crippen LogP contribution in [0.15, 0.2) is 97.1 Å². The lowest BCUT2D eigenvalue weighted by Crippen LogP contribution is -2.48. The number of ether oxygens (including phenoxy) is 1. The molecule has 1 unspecified atom stereocenters. The van der Waals surface area contributed by atoms with E-state index in [0.29, 0.717) is 50.9 Å². The van der Waals surface area contributed by atoms with Crippen LogP contribution in [-0.4, -0.2) is 36.3 Å². The van der Waals surface area contributed by atoms with Crippen molar-refractivity contribution in [3.05, 3.63) is 119 Å². The Morgan fingerprint density at radius 1 is 0.786 bits per heavy atom. The number of fused-ring (bicyclic) bond motifs is 1. The Bertz CT molecular complexity index is 1490. The van der Waals surface area contributed by atoms with E-state index >= 15 is 0 Å². The number of unbranched alkanes of at least 4 members (excludes halogenated alkanes) is 1. The standard InChI is InChI=1S/C35H39N3O4/c1-25(39)33(42-24-26-10-3-2-4-11-26)16-7-8-19-37-35(41)32(38-34(40)31-15-9-12-28(21-31)23-36)22-27-17-18-29-13-5-6-14-30(29)20-27/h2-6,9-15,17-18,20-21,32-33H,7-8,16,19,22-24,36H2,1H3,(H,37,41)(H,38,40)/t32-,33?/m0/s1. The van der Waals surface area contributed by atoms with E-state index in [-0.39, 0.29) is 17.6 Å². The first kappa shape index (κ1) is 30.6. The second-order valence-electron chi connectivity index (χ2n) is 10.5. The molecule has 0 bridgehead atoms. The van der Waals surface area contributed by atoms with Gasteiger partial charge >= 0.3 is 0 Å². The third-order valence-corrected chi connectivity index (χ3v) is 7.24. The van der Waals surface area contributed by atoms with Crippen molar-refractivity contribution in [1.82, 2.24) is 10.6 Å². The Hall–Kier alpha value is -4.33. The highest BCUT2D eigenvalue weighted by Crippen LogP contribution is 2.17. The van der Waals surface area contributed by atoms with E-state index in [9.17, 15) is 14.4 Å². The van der Waals surface area contributed by atoms with Crippen molar-refractivity contribution in [2.45, 2.75) is 57.9 Å². The summed E-state index contributed by atoms with van der Waals surface area (Å²) in [6.45, 7) is 2.67. The van der Waals surface area contributed by atoms with Crippen LogP contribution >= 0.6 is 0 Å². The average molecular weight is 566 g/mol. The Balaban J connectivity index is 1.34. The Morgan fingerprint density at radius 3 is 2.29 bits per heavy atom. The largest absolute Gasteiger partial charge is 0.366 e. The molecule has 218 valence electrons. The number of Topliss-reactive ketones (excluding diaryl/α,β-unsaturated/α-hetero) is 1. The predicted octanol–water partition coefficient (Wildman–Crippen LogP) is 5.10. The molecule has 0 radical (unpaired) electrons. The second-order valence-corrected chi connectivity index (χ2v) is 10.5. The third kappa shape index (κ3) is 9.09. The second kappa shape index (κ2) is 15.6. The van der Waals surface area contributed by atoms with Crippen molar-refractivity contribution in [2.75, 3.05) is 6.54 Å². The Labute approximate surface area is 247 Å². The molecule has 4 N–H and O–H groups in total. The molecule has 0 spiro atoms. The van der Waals surface area contributed by atoms with E-state index in [1.54, 1.807) is 25.1 Å². The maximum absolute atomic E-state index is 13.3. The lowest BCUT2D eigenvalue weighted by molar-refractivity contribution is -0.129. The summed E-state index contributed by atoms with van der Waals surface area (Å²) in [6.07, 6.45) is 1.84. The quantitative estimate of drug-likeness (QED) is 0.174. The molecule has 0 aliphatic heterocycles. The number of hydrogen-bond acceptors (Lipinski definition) is 5. The summed E-state index contributed by atoms with van der Waals surface area (Å²) in [6, 6.07) is 30.2. The number of carbonyl (C=O) groups is 3. The van der Waals surface area contributed by atoms with Crippen LogP contribution in [0.4, 0.5) is 0 Å². The predicted molar refractivity (Wildman–Crippen MR) is 166 cm³/mol. The van der Waals surface area contributed by atoms with Crippen molar-refractivity contribution in [1.29, 1.82) is 0 Å². The van der Waals surface area contributed by atoms with E-state index in [4.69, 9.17) is 10.5 Å². The minimum Gasteiger partial charge on any atom is -0.366 e. The van der Waals surface area contributed by atoms with Gasteiger partial charge in [-0.2, -0.15) is 0 Å². The molecule has 4 rings (SSSR count). The van der Waals surface area contributed by atoms with Crippen molar-refractivity contribution in [3.63, 3.8) is 0 Å². The molecule has 4 aromatic carbocycles. The van der Waals surface area contributed by atoms with Gasteiger partial charge in [0.1, 0.15) is 12.1 Å². The Kier molecular flexibility index (Phi) is 11.4. The van der Waals surface area contributed by atoms with Gasteiger partial charge in [0, 0.05) is 25.1 Å². The first-order valence-corrected chi connectivity index (χ1v) is 14.4. The molecular formula is C35H39N3O4. The summed E-state index contributed by atoms with van der Waals surface area (Å²) < 4.78 is 5.86. The highest BCUT2D eigenvalue weighted by molar-refractivity contribution is 5.97. The zero-order chi connectivity index (χ0) is 29.7. The van der Waals surface area contributed by atoms with E-state index in [2.05, 4.69) is 10.6 Å². The highest BCUT2D eigenvalue weighted by atomic mass is 16.5. The van der Waals surface area contributed by atoms with Gasteiger partial charge in [-0.3, -0.25) is 14.4 Å². The third-order valence-electron chi connectivity index (χ3n) is 7.24. The normalized spacial score (nSPS) is 12.4. The monoisotopic (exact) mass is 565 g/mol. The first-order valence-electron chi connectivity index (χ1n) is 14.4. The molecule has 4 aromatic rings. The fourth-order valence-corrected chi connectivity index (χ4v) is 4.86. The van der Waals surface area contributed by atoms with E-state index in [1.165, 1.54) is 0 Å². The van der Waals surface area contributed by atoms with Crippen molar-refractivity contribution >= 4 is 28.4 Å². The van der Waals surface area contributed by atoms with E-state index < -0.39 is 12.1 Å². The maximum Gasteiger partial charge on any atom is 0.251 e. The van der Waals surface area contributed by atoms with Gasteiger partial charge in [-0.1, -0.05) is 84.9 Å². The summed E-state index contributed by atoms with van der Waals surface area (Å²) in [7, 11) is 0. The van der Waals surface area contributed by atoms with Gasteiger partial charge in [-0.05, 0) is 65.8 Å². The molecule has 0 heterocycles.